The minimum absolute atomic E-state index is 0.0369. The van der Waals surface area contributed by atoms with Crippen LogP contribution in [-0.2, 0) is 6.54 Å². The van der Waals surface area contributed by atoms with Crippen LogP contribution in [0.25, 0.3) is 21.3 Å². The van der Waals surface area contributed by atoms with Crippen molar-refractivity contribution in [3.63, 3.8) is 0 Å². The van der Waals surface area contributed by atoms with Gasteiger partial charge in [-0.1, -0.05) is 42.0 Å². The molecule has 4 rings (SSSR count). The molecule has 0 fully saturated rings. The van der Waals surface area contributed by atoms with Crippen molar-refractivity contribution >= 4 is 38.8 Å². The Bertz CT molecular complexity index is 1030. The molecule has 130 valence electrons. The lowest BCUT2D eigenvalue weighted by Crippen LogP contribution is -2.25. The summed E-state index contributed by atoms with van der Waals surface area (Å²) in [5.41, 5.74) is 4.28. The number of fused-ring (bicyclic) bond motifs is 1. The summed E-state index contributed by atoms with van der Waals surface area (Å²) in [6, 6.07) is 18.4. The third-order valence-electron chi connectivity index (χ3n) is 4.28. The Balaban J connectivity index is 1.57. The molecular weight excluding hydrogens is 360 g/mol. The van der Waals surface area contributed by atoms with Crippen molar-refractivity contribution in [1.82, 2.24) is 9.88 Å². The topological polar surface area (TPSA) is 33.2 Å². The maximum Gasteiger partial charge on any atom is 0.264 e. The Morgan fingerprint density at radius 3 is 2.62 bits per heavy atom. The highest BCUT2D eigenvalue weighted by Crippen LogP contribution is 2.30. The zero-order valence-electron chi connectivity index (χ0n) is 14.6. The molecular formula is C21H18N2OS2. The lowest BCUT2D eigenvalue weighted by atomic mass is 10.0. The average molecular weight is 379 g/mol. The molecule has 4 aromatic rings. The molecule has 0 aliphatic rings. The van der Waals surface area contributed by atoms with Crippen LogP contribution >= 0.6 is 22.7 Å². The smallest absolute Gasteiger partial charge is 0.264 e. The monoisotopic (exact) mass is 378 g/mol. The number of aryl methyl sites for hydroxylation is 1. The highest BCUT2D eigenvalue weighted by molar-refractivity contribution is 7.18. The van der Waals surface area contributed by atoms with Crippen molar-refractivity contribution in [3.05, 3.63) is 75.4 Å². The van der Waals surface area contributed by atoms with Gasteiger partial charge in [0.2, 0.25) is 0 Å². The number of hydrogen-bond acceptors (Lipinski definition) is 4. The van der Waals surface area contributed by atoms with E-state index >= 15 is 0 Å². The van der Waals surface area contributed by atoms with Gasteiger partial charge in [-0.2, -0.15) is 0 Å². The lowest BCUT2D eigenvalue weighted by Gasteiger charge is -2.16. The van der Waals surface area contributed by atoms with E-state index in [2.05, 4.69) is 42.2 Å². The summed E-state index contributed by atoms with van der Waals surface area (Å²) in [5, 5.41) is 2.93. The second-order valence-electron chi connectivity index (χ2n) is 6.27. The van der Waals surface area contributed by atoms with Crippen LogP contribution in [-0.4, -0.2) is 22.8 Å². The van der Waals surface area contributed by atoms with Crippen molar-refractivity contribution < 1.29 is 4.79 Å². The van der Waals surface area contributed by atoms with Crippen LogP contribution in [0.5, 0.6) is 0 Å². The number of para-hydroxylation sites is 1. The highest BCUT2D eigenvalue weighted by atomic mass is 32.1. The summed E-state index contributed by atoms with van der Waals surface area (Å²) >= 11 is 3.13. The van der Waals surface area contributed by atoms with E-state index in [9.17, 15) is 4.79 Å². The number of carbonyl (C=O) groups is 1. The Kier molecular flexibility index (Phi) is 4.57. The molecule has 0 radical (unpaired) electrons. The molecule has 0 aliphatic carbocycles. The largest absolute Gasteiger partial charge is 0.334 e. The lowest BCUT2D eigenvalue weighted by molar-refractivity contribution is 0.0790. The van der Waals surface area contributed by atoms with Crippen LogP contribution in [0.3, 0.4) is 0 Å². The molecule has 0 N–H and O–H groups in total. The van der Waals surface area contributed by atoms with Gasteiger partial charge >= 0.3 is 0 Å². The van der Waals surface area contributed by atoms with Gasteiger partial charge in [-0.05, 0) is 36.1 Å². The zero-order valence-corrected chi connectivity index (χ0v) is 16.2. The predicted molar refractivity (Wildman–Crippen MR) is 110 cm³/mol. The standard InChI is InChI=1S/C21H18N2OS2/c1-14-7-9-15(10-8-14)16-11-12-25-20(16)21(24)23(2)13-19-22-17-5-3-4-6-18(17)26-19/h3-12H,13H2,1-2H3. The van der Waals surface area contributed by atoms with Crippen molar-refractivity contribution in [2.24, 2.45) is 0 Å². The maximum atomic E-state index is 13.0. The number of amides is 1. The second-order valence-corrected chi connectivity index (χ2v) is 8.30. The first-order valence-electron chi connectivity index (χ1n) is 8.36. The van der Waals surface area contributed by atoms with Crippen LogP contribution in [0.1, 0.15) is 20.2 Å². The van der Waals surface area contributed by atoms with Gasteiger partial charge in [0.25, 0.3) is 5.91 Å². The third-order valence-corrected chi connectivity index (χ3v) is 6.20. The van der Waals surface area contributed by atoms with E-state index in [-0.39, 0.29) is 5.91 Å². The molecule has 0 spiro atoms. The van der Waals surface area contributed by atoms with Crippen molar-refractivity contribution in [3.8, 4) is 11.1 Å². The number of thiazole rings is 1. The minimum Gasteiger partial charge on any atom is -0.334 e. The highest BCUT2D eigenvalue weighted by Gasteiger charge is 2.19. The fourth-order valence-corrected chi connectivity index (χ4v) is 4.80. The van der Waals surface area contributed by atoms with Gasteiger partial charge in [0, 0.05) is 12.6 Å². The first kappa shape index (κ1) is 16.9. The molecule has 2 aromatic carbocycles. The molecule has 3 nitrogen and oxygen atoms in total. The van der Waals surface area contributed by atoms with E-state index in [1.54, 1.807) is 16.2 Å². The molecule has 0 atom stereocenters. The van der Waals surface area contributed by atoms with Gasteiger partial charge < -0.3 is 4.90 Å². The second kappa shape index (κ2) is 7.02. The van der Waals surface area contributed by atoms with Crippen molar-refractivity contribution in [1.29, 1.82) is 0 Å². The molecule has 0 saturated carbocycles. The molecule has 0 bridgehead atoms. The average Bonchev–Trinajstić information content (AvgIpc) is 3.28. The van der Waals surface area contributed by atoms with E-state index in [1.807, 2.05) is 36.7 Å². The van der Waals surface area contributed by atoms with Crippen LogP contribution < -0.4 is 0 Å². The van der Waals surface area contributed by atoms with Crippen LogP contribution in [0.2, 0.25) is 0 Å². The number of carbonyl (C=O) groups excluding carboxylic acids is 1. The number of nitrogens with zero attached hydrogens (tertiary/aromatic N) is 2. The number of hydrogen-bond donors (Lipinski definition) is 0. The first-order chi connectivity index (χ1) is 12.6. The Labute approximate surface area is 160 Å². The summed E-state index contributed by atoms with van der Waals surface area (Å²) in [5.74, 6) is 0.0369. The van der Waals surface area contributed by atoms with E-state index < -0.39 is 0 Å². The number of aromatic nitrogens is 1. The molecule has 0 unspecified atom stereocenters. The van der Waals surface area contributed by atoms with Crippen molar-refractivity contribution in [2.45, 2.75) is 13.5 Å². The van der Waals surface area contributed by atoms with E-state index in [4.69, 9.17) is 0 Å². The van der Waals surface area contributed by atoms with Gasteiger partial charge in [0.15, 0.2) is 0 Å². The molecule has 0 saturated heterocycles. The minimum atomic E-state index is 0.0369. The number of benzene rings is 2. The summed E-state index contributed by atoms with van der Waals surface area (Å²) in [7, 11) is 1.84. The van der Waals surface area contributed by atoms with Gasteiger partial charge in [-0.3, -0.25) is 4.79 Å². The third kappa shape index (κ3) is 3.28. The summed E-state index contributed by atoms with van der Waals surface area (Å²) in [6.45, 7) is 2.58. The predicted octanol–water partition coefficient (Wildman–Crippen LogP) is 5.61. The van der Waals surface area contributed by atoms with Gasteiger partial charge in [-0.25, -0.2) is 4.98 Å². The fraction of sp³-hybridized carbons (Fsp3) is 0.143. The van der Waals surface area contributed by atoms with E-state index in [0.717, 1.165) is 31.2 Å². The van der Waals surface area contributed by atoms with Crippen LogP contribution in [0.4, 0.5) is 0 Å². The van der Waals surface area contributed by atoms with Crippen LogP contribution in [0.15, 0.2) is 60.0 Å². The van der Waals surface area contributed by atoms with Gasteiger partial charge in [0.1, 0.15) is 5.01 Å². The zero-order chi connectivity index (χ0) is 18.1. The Morgan fingerprint density at radius 2 is 1.85 bits per heavy atom. The van der Waals surface area contributed by atoms with E-state index in [1.165, 1.54) is 16.9 Å². The Morgan fingerprint density at radius 1 is 1.08 bits per heavy atom. The van der Waals surface area contributed by atoms with Crippen molar-refractivity contribution in [2.75, 3.05) is 7.05 Å². The first-order valence-corrected chi connectivity index (χ1v) is 10.1. The van der Waals surface area contributed by atoms with Crippen LogP contribution in [0, 0.1) is 6.92 Å². The quantitative estimate of drug-likeness (QED) is 0.463. The fourth-order valence-electron chi connectivity index (χ4n) is 2.87. The summed E-state index contributed by atoms with van der Waals surface area (Å²) < 4.78 is 1.15. The Hall–Kier alpha value is -2.50. The molecule has 2 heterocycles. The molecule has 5 heteroatoms. The van der Waals surface area contributed by atoms with E-state index in [0.29, 0.717) is 6.54 Å². The molecule has 0 aliphatic heterocycles. The number of rotatable bonds is 4. The maximum absolute atomic E-state index is 13.0. The summed E-state index contributed by atoms with van der Waals surface area (Å²) in [6.07, 6.45) is 0. The summed E-state index contributed by atoms with van der Waals surface area (Å²) in [4.78, 5) is 20.2. The molecule has 1 amide bonds. The van der Waals surface area contributed by atoms with Gasteiger partial charge in [0.05, 0.1) is 21.6 Å². The number of thiophene rings is 1. The normalized spacial score (nSPS) is 11.0. The SMILES string of the molecule is Cc1ccc(-c2ccsc2C(=O)N(C)Cc2nc3ccccc3s2)cc1. The molecule has 26 heavy (non-hydrogen) atoms. The molecule has 2 aromatic heterocycles. The van der Waals surface area contributed by atoms with Gasteiger partial charge in [-0.15, -0.1) is 22.7 Å².